The zero-order valence-corrected chi connectivity index (χ0v) is 36.9. The van der Waals surface area contributed by atoms with Crippen LogP contribution in [0.3, 0.4) is 0 Å². The van der Waals surface area contributed by atoms with Gasteiger partial charge in [-0.05, 0) is 65.4 Å². The third-order valence-electron chi connectivity index (χ3n) is 8.37. The number of hydrogen-bond acceptors (Lipinski definition) is 10. The van der Waals surface area contributed by atoms with Gasteiger partial charge in [-0.1, -0.05) is 110 Å². The van der Waals surface area contributed by atoms with Gasteiger partial charge in [0, 0.05) is 32.3 Å². The topological polar surface area (TPSA) is 169 Å². The van der Waals surface area contributed by atoms with Gasteiger partial charge in [-0.3, -0.25) is 13.8 Å². The fraction of sp³-hybridized carbons (Fsp3) is 0.488. The summed E-state index contributed by atoms with van der Waals surface area (Å²) in [5.41, 5.74) is 4.11. The Morgan fingerprint density at radius 1 is 1.00 bits per heavy atom. The third kappa shape index (κ3) is 23.5. The quantitative estimate of drug-likeness (QED) is 0.0749. The van der Waals surface area contributed by atoms with E-state index in [4.69, 9.17) is 14.2 Å². The van der Waals surface area contributed by atoms with Crippen molar-refractivity contribution in [2.45, 2.75) is 92.1 Å². The van der Waals surface area contributed by atoms with Crippen LogP contribution in [-0.4, -0.2) is 83.0 Å². The molecule has 0 aliphatic carbocycles. The Bertz CT molecular complexity index is 1620. The van der Waals surface area contributed by atoms with Gasteiger partial charge in [0.05, 0.1) is 18.8 Å². The largest absolute Gasteiger partial charge is 1.00 e. The summed E-state index contributed by atoms with van der Waals surface area (Å²) < 4.78 is 54.0. The number of ether oxygens (including phenoxy) is 3. The molecule has 0 fully saturated rings. The zero-order valence-electron chi connectivity index (χ0n) is 34.1. The molecule has 1 rings (SSSR count). The molecule has 0 aromatic heterocycles. The van der Waals surface area contributed by atoms with Crippen molar-refractivity contribution in [3.05, 3.63) is 107 Å². The standard InChI is InChI=1S/C41H60N2O10S.Na/c1-29-14-12-18-36(50-8)17-11-10-16-33(5)39(34(6)23-22-32(4)26-42-40(45)38(43-28-44)27-52-54(47,48)49)53-41(46)35(7)24-30(2)20-21-31(3)25-37(51-9)19-13-15-29;/h10-11,13-17,20-25,28,30,33,36-39H,12,18-19,26-27H2,1-9H3,(H,42,45)(H,43,44)(H,47,48,49);/q;+1/p-1/b15-13+,16-10+,17-11+,21-20+,29-14+,31-25+,32-22+,34-23+,35-24+;. The van der Waals surface area contributed by atoms with Crippen LogP contribution in [0.4, 0.5) is 0 Å². The third-order valence-corrected chi connectivity index (χ3v) is 8.79. The van der Waals surface area contributed by atoms with E-state index in [1.165, 1.54) is 5.57 Å². The molecule has 0 spiro atoms. The number of carbonyl (C=O) groups excluding carboxylic acids is 3. The molecular formula is C41H59N2NaO10S. The van der Waals surface area contributed by atoms with Gasteiger partial charge in [-0.2, -0.15) is 0 Å². The van der Waals surface area contributed by atoms with E-state index < -0.39 is 41.0 Å². The number of esters is 1. The molecule has 14 heteroatoms. The average molecular weight is 795 g/mol. The molecular weight excluding hydrogens is 736 g/mol. The van der Waals surface area contributed by atoms with E-state index in [0.717, 1.165) is 30.4 Å². The van der Waals surface area contributed by atoms with E-state index in [1.807, 2.05) is 70.2 Å². The van der Waals surface area contributed by atoms with Crippen molar-refractivity contribution in [3.8, 4) is 0 Å². The van der Waals surface area contributed by atoms with Crippen LogP contribution in [0.2, 0.25) is 0 Å². The molecule has 0 aromatic rings. The van der Waals surface area contributed by atoms with Crippen LogP contribution in [0, 0.1) is 11.8 Å². The van der Waals surface area contributed by atoms with Crippen LogP contribution in [0.15, 0.2) is 107 Å². The molecule has 0 saturated heterocycles. The first-order chi connectivity index (χ1) is 25.5. The molecule has 2 N–H and O–H groups in total. The normalized spacial score (nSPS) is 28.7. The fourth-order valence-corrected chi connectivity index (χ4v) is 5.49. The van der Waals surface area contributed by atoms with Crippen molar-refractivity contribution in [2.24, 2.45) is 11.8 Å². The average Bonchev–Trinajstić information content (AvgIpc) is 3.11. The van der Waals surface area contributed by atoms with Crippen LogP contribution in [-0.2, 0) is 43.2 Å². The van der Waals surface area contributed by atoms with Crippen molar-refractivity contribution in [3.63, 3.8) is 0 Å². The van der Waals surface area contributed by atoms with Crippen LogP contribution in [0.1, 0.15) is 67.7 Å². The van der Waals surface area contributed by atoms with E-state index in [9.17, 15) is 27.4 Å². The van der Waals surface area contributed by atoms with Gasteiger partial charge in [-0.15, -0.1) is 0 Å². The molecule has 6 unspecified atom stereocenters. The summed E-state index contributed by atoms with van der Waals surface area (Å²) in [5, 5.41) is 4.69. The minimum atomic E-state index is -5.06. The van der Waals surface area contributed by atoms with Gasteiger partial charge in [-0.25, -0.2) is 13.2 Å². The van der Waals surface area contributed by atoms with Crippen molar-refractivity contribution < 1.29 is 75.3 Å². The molecule has 55 heavy (non-hydrogen) atoms. The van der Waals surface area contributed by atoms with Crippen LogP contribution in [0.25, 0.3) is 0 Å². The van der Waals surface area contributed by atoms with E-state index >= 15 is 0 Å². The number of hydrogen-bond donors (Lipinski definition) is 2. The molecule has 0 bridgehead atoms. The molecule has 1 aliphatic heterocycles. The summed E-state index contributed by atoms with van der Waals surface area (Å²) >= 11 is 0. The number of cyclic esters (lactones) is 1. The minimum absolute atomic E-state index is 0. The minimum Gasteiger partial charge on any atom is -0.726 e. The Morgan fingerprint density at radius 3 is 2.31 bits per heavy atom. The molecule has 300 valence electrons. The number of nitrogens with one attached hydrogen (secondary N) is 2. The van der Waals surface area contributed by atoms with Gasteiger partial charge in [0.25, 0.3) is 0 Å². The first-order valence-electron chi connectivity index (χ1n) is 17.9. The summed E-state index contributed by atoms with van der Waals surface area (Å²) in [6, 6.07) is -1.39. The second-order valence-corrected chi connectivity index (χ2v) is 14.4. The molecule has 1 heterocycles. The summed E-state index contributed by atoms with van der Waals surface area (Å²) in [7, 11) is -1.68. The van der Waals surface area contributed by atoms with Gasteiger partial charge in [0.1, 0.15) is 12.1 Å². The van der Waals surface area contributed by atoms with Crippen LogP contribution < -0.4 is 40.2 Å². The van der Waals surface area contributed by atoms with E-state index in [1.54, 1.807) is 40.2 Å². The number of amides is 2. The molecule has 1 aliphatic rings. The van der Waals surface area contributed by atoms with Gasteiger partial charge >= 0.3 is 35.5 Å². The van der Waals surface area contributed by atoms with Gasteiger partial charge < -0.3 is 29.4 Å². The van der Waals surface area contributed by atoms with Crippen LogP contribution in [0.5, 0.6) is 0 Å². The first kappa shape index (κ1) is 51.9. The van der Waals surface area contributed by atoms with E-state index in [2.05, 4.69) is 46.0 Å². The Balaban J connectivity index is 0.0000292. The second-order valence-electron chi connectivity index (χ2n) is 13.3. The smallest absolute Gasteiger partial charge is 0.726 e. The summed E-state index contributed by atoms with van der Waals surface area (Å²) in [6.45, 7) is 12.6. The molecule has 0 saturated carbocycles. The molecule has 6 atom stereocenters. The second kappa shape index (κ2) is 28.3. The van der Waals surface area contributed by atoms with Crippen LogP contribution >= 0.6 is 0 Å². The maximum atomic E-state index is 13.4. The Kier molecular flexibility index (Phi) is 26.7. The van der Waals surface area contributed by atoms with Crippen molar-refractivity contribution >= 4 is 28.7 Å². The number of carbonyl (C=O) groups is 3. The molecule has 0 aromatic carbocycles. The predicted molar refractivity (Wildman–Crippen MR) is 211 cm³/mol. The maximum Gasteiger partial charge on any atom is 1.00 e. The SMILES string of the molecule is COC1/C=C(C)/C=C/C(C)/C=C(\C)C(=O)OC(/C(C)=C/C=C(\C)CNC(=O)C(COS(=O)(=O)[O-])NC=O)C(C)/C=C/C=C/C(OC)CC/C=C(C)/C=C/C1.[Na+]. The predicted octanol–water partition coefficient (Wildman–Crippen LogP) is 3.05. The number of allylic oxidation sites excluding steroid dienone is 11. The van der Waals surface area contributed by atoms with E-state index in [0.29, 0.717) is 11.1 Å². The molecule has 0 radical (unpaired) electrons. The van der Waals surface area contributed by atoms with Gasteiger partial charge in [0.15, 0.2) is 0 Å². The fourth-order valence-electron chi connectivity index (χ4n) is 5.19. The van der Waals surface area contributed by atoms with Crippen molar-refractivity contribution in [2.75, 3.05) is 27.4 Å². The Morgan fingerprint density at radius 2 is 1.67 bits per heavy atom. The van der Waals surface area contributed by atoms with Crippen molar-refractivity contribution in [1.82, 2.24) is 10.6 Å². The summed E-state index contributed by atoms with van der Waals surface area (Å²) in [4.78, 5) is 36.8. The van der Waals surface area contributed by atoms with Gasteiger partial charge in [0.2, 0.25) is 22.7 Å². The summed E-state index contributed by atoms with van der Waals surface area (Å²) in [6.07, 6.45) is 27.5. The first-order valence-corrected chi connectivity index (χ1v) is 19.2. The van der Waals surface area contributed by atoms with E-state index in [-0.39, 0.29) is 66.6 Å². The zero-order chi connectivity index (χ0) is 40.7. The summed E-state index contributed by atoms with van der Waals surface area (Å²) in [5.74, 6) is -1.48. The van der Waals surface area contributed by atoms with Crippen molar-refractivity contribution in [1.29, 1.82) is 0 Å². The maximum absolute atomic E-state index is 13.4. The Hall–Kier alpha value is -3.14. The Labute approximate surface area is 350 Å². The molecule has 12 nitrogen and oxygen atoms in total. The molecule has 2 amide bonds. The monoisotopic (exact) mass is 794 g/mol. The number of methoxy groups -OCH3 is 2. The number of rotatable bonds is 12.